The fraction of sp³-hybridized carbons (Fsp3) is 0.611. The Bertz CT molecular complexity index is 775. The Kier molecular flexibility index (Phi) is 4.33. The second-order valence-corrected chi connectivity index (χ2v) is 9.32. The Morgan fingerprint density at radius 1 is 1.28 bits per heavy atom. The Morgan fingerprint density at radius 3 is 2.76 bits per heavy atom. The van der Waals surface area contributed by atoms with Gasteiger partial charge in [0.15, 0.2) is 0 Å². The first-order valence-electron chi connectivity index (χ1n) is 8.94. The van der Waals surface area contributed by atoms with Crippen LogP contribution < -0.4 is 5.32 Å². The van der Waals surface area contributed by atoms with Crippen molar-refractivity contribution in [3.8, 4) is 0 Å². The molecule has 2 bridgehead atoms. The lowest BCUT2D eigenvalue weighted by atomic mass is 9.99. The monoisotopic (exact) mass is 364 g/mol. The highest BCUT2D eigenvalue weighted by Gasteiger charge is 2.47. The molecule has 3 atom stereocenters. The summed E-state index contributed by atoms with van der Waals surface area (Å²) in [7, 11) is -3.56. The molecule has 0 radical (unpaired) electrons. The van der Waals surface area contributed by atoms with Crippen molar-refractivity contribution < 1.29 is 17.9 Å². The molecule has 4 rings (SSSR count). The van der Waals surface area contributed by atoms with Crippen LogP contribution in [-0.4, -0.2) is 50.5 Å². The lowest BCUT2D eigenvalue weighted by Gasteiger charge is -2.32. The van der Waals surface area contributed by atoms with Gasteiger partial charge >= 0.3 is 0 Å². The van der Waals surface area contributed by atoms with E-state index in [-0.39, 0.29) is 30.6 Å². The van der Waals surface area contributed by atoms with Crippen LogP contribution in [0.5, 0.6) is 0 Å². The van der Waals surface area contributed by atoms with Crippen molar-refractivity contribution in [3.05, 3.63) is 29.8 Å². The Balaban J connectivity index is 1.48. The topological polar surface area (TPSA) is 75.7 Å². The van der Waals surface area contributed by atoms with Gasteiger partial charge in [-0.2, -0.15) is 4.31 Å². The number of hydrogen-bond acceptors (Lipinski definition) is 4. The minimum absolute atomic E-state index is 0.00883. The van der Waals surface area contributed by atoms with Crippen LogP contribution >= 0.6 is 0 Å². The maximum Gasteiger partial charge on any atom is 0.243 e. The van der Waals surface area contributed by atoms with Crippen molar-refractivity contribution in [3.63, 3.8) is 0 Å². The van der Waals surface area contributed by atoms with Crippen LogP contribution in [0.1, 0.15) is 24.8 Å². The molecule has 3 fully saturated rings. The Labute approximate surface area is 148 Å². The lowest BCUT2D eigenvalue weighted by molar-refractivity contribution is -0.127. The molecule has 136 valence electrons. The SMILES string of the molecule is Cc1ccccc1S(=O)(=O)N1C[C@@H]2C[C@@H](C(=O)NCC3CC3)[C@H](C1)O2. The number of carbonyl (C=O) groups is 1. The number of nitrogens with zero attached hydrogens (tertiary/aromatic N) is 1. The summed E-state index contributed by atoms with van der Waals surface area (Å²) in [5, 5.41) is 3.01. The zero-order valence-electron chi connectivity index (χ0n) is 14.3. The van der Waals surface area contributed by atoms with Crippen molar-refractivity contribution in [2.24, 2.45) is 11.8 Å². The molecule has 2 saturated heterocycles. The van der Waals surface area contributed by atoms with E-state index in [4.69, 9.17) is 4.74 Å². The van der Waals surface area contributed by atoms with Crippen molar-refractivity contribution in [2.45, 2.75) is 43.3 Å². The molecule has 7 heteroatoms. The smallest absolute Gasteiger partial charge is 0.243 e. The summed E-state index contributed by atoms with van der Waals surface area (Å²) >= 11 is 0. The van der Waals surface area contributed by atoms with Gasteiger partial charge in [0, 0.05) is 19.6 Å². The highest BCUT2D eigenvalue weighted by Crippen LogP contribution is 2.35. The fourth-order valence-electron chi connectivity index (χ4n) is 3.78. The van der Waals surface area contributed by atoms with Crippen LogP contribution in [0, 0.1) is 18.8 Å². The van der Waals surface area contributed by atoms with Crippen molar-refractivity contribution >= 4 is 15.9 Å². The molecule has 1 aromatic carbocycles. The van der Waals surface area contributed by atoms with E-state index >= 15 is 0 Å². The molecule has 0 aromatic heterocycles. The molecule has 1 N–H and O–H groups in total. The quantitative estimate of drug-likeness (QED) is 0.854. The van der Waals surface area contributed by atoms with Crippen LogP contribution in [0.25, 0.3) is 0 Å². The number of carbonyl (C=O) groups excluding carboxylic acids is 1. The van der Waals surface area contributed by atoms with E-state index in [2.05, 4.69) is 5.32 Å². The third-order valence-corrected chi connectivity index (χ3v) is 7.43. The summed E-state index contributed by atoms with van der Waals surface area (Å²) in [5.41, 5.74) is 0.736. The van der Waals surface area contributed by atoms with Gasteiger partial charge in [0.2, 0.25) is 15.9 Å². The van der Waals surface area contributed by atoms with Crippen LogP contribution in [0.15, 0.2) is 29.2 Å². The summed E-state index contributed by atoms with van der Waals surface area (Å²) < 4.78 is 33.4. The number of rotatable bonds is 5. The number of fused-ring (bicyclic) bond motifs is 2. The average Bonchev–Trinajstić information content (AvgIpc) is 3.37. The Morgan fingerprint density at radius 2 is 2.04 bits per heavy atom. The second kappa shape index (κ2) is 6.37. The highest BCUT2D eigenvalue weighted by molar-refractivity contribution is 7.89. The molecular formula is C18H24N2O4S. The number of aryl methyl sites for hydroxylation is 1. The van der Waals surface area contributed by atoms with Gasteiger partial charge in [0.25, 0.3) is 0 Å². The molecule has 0 spiro atoms. The maximum absolute atomic E-state index is 13.0. The van der Waals surface area contributed by atoms with Gasteiger partial charge in [-0.25, -0.2) is 8.42 Å². The fourth-order valence-corrected chi connectivity index (χ4v) is 5.49. The number of hydrogen-bond donors (Lipinski definition) is 1. The van der Waals surface area contributed by atoms with Crippen molar-refractivity contribution in [2.75, 3.05) is 19.6 Å². The molecule has 3 aliphatic rings. The Hall–Kier alpha value is -1.44. The van der Waals surface area contributed by atoms with Crippen LogP contribution in [0.2, 0.25) is 0 Å². The third kappa shape index (κ3) is 3.32. The molecule has 25 heavy (non-hydrogen) atoms. The number of nitrogens with one attached hydrogen (secondary N) is 1. The van der Waals surface area contributed by atoms with E-state index in [0.29, 0.717) is 23.8 Å². The van der Waals surface area contributed by atoms with Gasteiger partial charge in [-0.3, -0.25) is 4.79 Å². The zero-order chi connectivity index (χ0) is 17.6. The molecule has 2 aliphatic heterocycles. The molecule has 1 aromatic rings. The van der Waals surface area contributed by atoms with E-state index < -0.39 is 10.0 Å². The van der Waals surface area contributed by atoms with E-state index in [1.165, 1.54) is 17.1 Å². The molecule has 1 saturated carbocycles. The third-order valence-electron chi connectivity index (χ3n) is 5.43. The van der Waals surface area contributed by atoms with Crippen LogP contribution in [-0.2, 0) is 19.6 Å². The van der Waals surface area contributed by atoms with Gasteiger partial charge in [-0.15, -0.1) is 0 Å². The zero-order valence-corrected chi connectivity index (χ0v) is 15.2. The minimum atomic E-state index is -3.56. The molecule has 1 aliphatic carbocycles. The predicted molar refractivity (Wildman–Crippen MR) is 92.4 cm³/mol. The molecule has 6 nitrogen and oxygen atoms in total. The van der Waals surface area contributed by atoms with Gasteiger partial charge in [-0.05, 0) is 43.7 Å². The van der Waals surface area contributed by atoms with Gasteiger partial charge < -0.3 is 10.1 Å². The number of morpholine rings is 1. The minimum Gasteiger partial charge on any atom is -0.371 e. The van der Waals surface area contributed by atoms with E-state index in [1.807, 2.05) is 6.07 Å². The highest BCUT2D eigenvalue weighted by atomic mass is 32.2. The first-order valence-corrected chi connectivity index (χ1v) is 10.4. The molecule has 2 heterocycles. The molecule has 1 amide bonds. The van der Waals surface area contributed by atoms with Crippen molar-refractivity contribution in [1.29, 1.82) is 0 Å². The summed E-state index contributed by atoms with van der Waals surface area (Å²) in [6.07, 6.45) is 2.43. The van der Waals surface area contributed by atoms with Gasteiger partial charge in [-0.1, -0.05) is 18.2 Å². The number of ether oxygens (including phenoxy) is 1. The van der Waals surface area contributed by atoms with Crippen LogP contribution in [0.3, 0.4) is 0 Å². The number of benzene rings is 1. The first kappa shape index (κ1) is 17.0. The van der Waals surface area contributed by atoms with Crippen LogP contribution in [0.4, 0.5) is 0 Å². The first-order chi connectivity index (χ1) is 11.9. The average molecular weight is 364 g/mol. The van der Waals surface area contributed by atoms with E-state index in [9.17, 15) is 13.2 Å². The molecule has 0 unspecified atom stereocenters. The van der Waals surface area contributed by atoms with Crippen molar-refractivity contribution in [1.82, 2.24) is 9.62 Å². The van der Waals surface area contributed by atoms with Gasteiger partial charge in [0.1, 0.15) is 0 Å². The van der Waals surface area contributed by atoms with E-state index in [1.54, 1.807) is 25.1 Å². The summed E-state index contributed by atoms with van der Waals surface area (Å²) in [4.78, 5) is 12.8. The second-order valence-electron chi connectivity index (χ2n) is 7.41. The standard InChI is InChI=1S/C18H24N2O4S/c1-12-4-2-3-5-17(12)25(22,23)20-10-14-8-15(16(11-20)24-14)18(21)19-9-13-6-7-13/h2-5,13-16H,6-11H2,1H3,(H,19,21)/t14-,15+,16-/m0/s1. The largest absolute Gasteiger partial charge is 0.371 e. The van der Waals surface area contributed by atoms with Gasteiger partial charge in [0.05, 0.1) is 23.0 Å². The maximum atomic E-state index is 13.0. The summed E-state index contributed by atoms with van der Waals surface area (Å²) in [5.74, 6) is 0.388. The summed E-state index contributed by atoms with van der Waals surface area (Å²) in [6, 6.07) is 7.01. The van der Waals surface area contributed by atoms with E-state index in [0.717, 1.165) is 12.1 Å². The molecular weight excluding hydrogens is 340 g/mol. The normalized spacial score (nSPS) is 29.6. The summed E-state index contributed by atoms with van der Waals surface area (Å²) in [6.45, 7) is 3.10. The number of amides is 1. The predicted octanol–water partition coefficient (Wildman–Crippen LogP) is 1.30. The number of sulfonamides is 1. The lowest BCUT2D eigenvalue weighted by Crippen LogP contribution is -2.48.